The van der Waals surface area contributed by atoms with Crippen molar-refractivity contribution in [1.29, 1.82) is 0 Å². The van der Waals surface area contributed by atoms with Crippen molar-refractivity contribution in [3.8, 4) is 17.6 Å². The van der Waals surface area contributed by atoms with E-state index in [0.717, 1.165) is 10.8 Å². The van der Waals surface area contributed by atoms with E-state index < -0.39 is 34.8 Å². The molecular weight excluding hydrogens is 526 g/mol. The summed E-state index contributed by atoms with van der Waals surface area (Å²) in [5.41, 5.74) is 1.48. The number of sulfone groups is 1. The van der Waals surface area contributed by atoms with Gasteiger partial charge in [-0.2, -0.15) is 13.2 Å². The van der Waals surface area contributed by atoms with Crippen molar-refractivity contribution in [2.45, 2.75) is 36.3 Å². The molecule has 2 atom stereocenters. The SMILES string of the molecule is COc1cc(S(C)(=O)=O)ccc1NCC#Cc1cc2c(N[C@H]3CCOC[C@H]3F)cccc2n1CC(F)(F)F. The van der Waals surface area contributed by atoms with Crippen molar-refractivity contribution in [1.82, 2.24) is 4.57 Å². The van der Waals surface area contributed by atoms with Gasteiger partial charge in [-0.3, -0.25) is 0 Å². The number of hydrogen-bond acceptors (Lipinski definition) is 6. The van der Waals surface area contributed by atoms with Crippen molar-refractivity contribution in [2.75, 3.05) is 43.8 Å². The Morgan fingerprint density at radius 3 is 2.66 bits per heavy atom. The number of methoxy groups -OCH3 is 1. The van der Waals surface area contributed by atoms with Gasteiger partial charge in [0.1, 0.15) is 18.5 Å². The molecule has 0 saturated carbocycles. The Kier molecular flexibility index (Phi) is 8.08. The molecule has 1 fully saturated rings. The number of fused-ring (bicyclic) bond motifs is 1. The Labute approximate surface area is 218 Å². The quantitative estimate of drug-likeness (QED) is 0.329. The highest BCUT2D eigenvalue weighted by Crippen LogP contribution is 2.32. The van der Waals surface area contributed by atoms with Crippen LogP contribution < -0.4 is 15.4 Å². The fourth-order valence-corrected chi connectivity index (χ4v) is 4.89. The summed E-state index contributed by atoms with van der Waals surface area (Å²) in [6.45, 7) is -0.817. The van der Waals surface area contributed by atoms with Crippen LogP contribution in [0.4, 0.5) is 28.9 Å². The number of anilines is 2. The molecule has 12 heteroatoms. The van der Waals surface area contributed by atoms with Gasteiger partial charge in [0.05, 0.1) is 48.1 Å². The van der Waals surface area contributed by atoms with Gasteiger partial charge < -0.3 is 24.7 Å². The average Bonchev–Trinajstić information content (AvgIpc) is 3.19. The van der Waals surface area contributed by atoms with Gasteiger partial charge >= 0.3 is 6.18 Å². The van der Waals surface area contributed by atoms with Crippen LogP contribution in [0.2, 0.25) is 0 Å². The highest BCUT2D eigenvalue weighted by Gasteiger charge is 2.30. The Bertz CT molecular complexity index is 1480. The van der Waals surface area contributed by atoms with Crippen LogP contribution in [-0.2, 0) is 21.1 Å². The second-order valence-electron chi connectivity index (χ2n) is 8.89. The first-order chi connectivity index (χ1) is 18.0. The largest absolute Gasteiger partial charge is 0.495 e. The molecule has 0 aliphatic carbocycles. The van der Waals surface area contributed by atoms with Crippen LogP contribution >= 0.6 is 0 Å². The molecule has 38 heavy (non-hydrogen) atoms. The van der Waals surface area contributed by atoms with E-state index in [2.05, 4.69) is 22.5 Å². The lowest BCUT2D eigenvalue weighted by molar-refractivity contribution is -0.140. The zero-order chi connectivity index (χ0) is 27.5. The molecule has 7 nitrogen and oxygen atoms in total. The number of aromatic nitrogens is 1. The second kappa shape index (κ2) is 11.1. The maximum Gasteiger partial charge on any atom is 0.406 e. The first kappa shape index (κ1) is 27.6. The van der Waals surface area contributed by atoms with Gasteiger partial charge in [-0.1, -0.05) is 12.0 Å². The maximum absolute atomic E-state index is 14.3. The van der Waals surface area contributed by atoms with Gasteiger partial charge in [0.2, 0.25) is 0 Å². The molecule has 0 bridgehead atoms. The highest BCUT2D eigenvalue weighted by atomic mass is 32.2. The number of rotatable bonds is 7. The average molecular weight is 554 g/mol. The molecule has 2 heterocycles. The smallest absolute Gasteiger partial charge is 0.406 e. The Balaban J connectivity index is 1.61. The first-order valence-corrected chi connectivity index (χ1v) is 13.6. The molecule has 204 valence electrons. The minimum absolute atomic E-state index is 0.0335. The summed E-state index contributed by atoms with van der Waals surface area (Å²) in [5.74, 6) is 5.91. The predicted octanol–water partition coefficient (Wildman–Crippen LogP) is 4.62. The summed E-state index contributed by atoms with van der Waals surface area (Å²) in [6.07, 6.45) is -4.19. The van der Waals surface area contributed by atoms with Gasteiger partial charge in [-0.15, -0.1) is 0 Å². The zero-order valence-electron chi connectivity index (χ0n) is 20.7. The van der Waals surface area contributed by atoms with E-state index in [4.69, 9.17) is 9.47 Å². The Morgan fingerprint density at radius 1 is 1.18 bits per heavy atom. The zero-order valence-corrected chi connectivity index (χ0v) is 21.5. The molecule has 3 aromatic rings. The van der Waals surface area contributed by atoms with Crippen LogP contribution in [0.5, 0.6) is 5.75 Å². The van der Waals surface area contributed by atoms with Crippen molar-refractivity contribution in [3.05, 3.63) is 48.2 Å². The fraction of sp³-hybridized carbons (Fsp3) is 0.385. The van der Waals surface area contributed by atoms with Gasteiger partial charge in [-0.25, -0.2) is 12.8 Å². The third-order valence-electron chi connectivity index (χ3n) is 6.10. The van der Waals surface area contributed by atoms with Crippen LogP contribution in [0.3, 0.4) is 0 Å². The molecule has 4 rings (SSSR count). The summed E-state index contributed by atoms with van der Waals surface area (Å²) in [7, 11) is -2.03. The number of nitrogens with zero attached hydrogens (tertiary/aromatic N) is 1. The summed E-state index contributed by atoms with van der Waals surface area (Å²) < 4.78 is 89.7. The highest BCUT2D eigenvalue weighted by molar-refractivity contribution is 7.90. The number of ether oxygens (including phenoxy) is 2. The summed E-state index contributed by atoms with van der Waals surface area (Å²) in [4.78, 5) is 0.0897. The van der Waals surface area contributed by atoms with Crippen molar-refractivity contribution in [2.24, 2.45) is 0 Å². The fourth-order valence-electron chi connectivity index (χ4n) is 4.25. The van der Waals surface area contributed by atoms with Crippen molar-refractivity contribution in [3.63, 3.8) is 0 Å². The number of halogens is 4. The van der Waals surface area contributed by atoms with Gasteiger partial charge in [0.25, 0.3) is 0 Å². The predicted molar refractivity (Wildman–Crippen MR) is 137 cm³/mol. The number of nitrogens with one attached hydrogen (secondary N) is 2. The molecular formula is C26H27F4N3O4S. The van der Waals surface area contributed by atoms with E-state index in [1.54, 1.807) is 24.3 Å². The van der Waals surface area contributed by atoms with E-state index in [0.29, 0.717) is 35.3 Å². The summed E-state index contributed by atoms with van der Waals surface area (Å²) in [5, 5.41) is 6.63. The standard InChI is InChI=1S/C26H27F4N3O4S/c1-36-25-14-18(38(2,34)35)8-9-23(25)31-11-4-5-17-13-19-21(32-22-10-12-37-15-20(22)27)6-3-7-24(19)33(17)16-26(28,29)30/h3,6-9,13-14,20,22,31-32H,10-12,15-16H2,1-2H3/t20-,22+/m1/s1. The molecule has 0 spiro atoms. The maximum atomic E-state index is 14.3. The Hall–Kier alpha value is -3.43. The van der Waals surface area contributed by atoms with E-state index in [1.165, 1.54) is 25.3 Å². The van der Waals surface area contributed by atoms with Crippen molar-refractivity contribution >= 4 is 32.1 Å². The molecule has 1 aliphatic heterocycles. The van der Waals surface area contributed by atoms with Crippen LogP contribution in [-0.4, -0.2) is 64.5 Å². The van der Waals surface area contributed by atoms with Gasteiger partial charge in [0.15, 0.2) is 9.84 Å². The van der Waals surface area contributed by atoms with E-state index in [1.807, 2.05) is 0 Å². The normalized spacial score (nSPS) is 18.1. The van der Waals surface area contributed by atoms with Gasteiger partial charge in [0, 0.05) is 30.0 Å². The van der Waals surface area contributed by atoms with Gasteiger partial charge in [-0.05, 0) is 42.7 Å². The lowest BCUT2D eigenvalue weighted by Gasteiger charge is -2.28. The van der Waals surface area contributed by atoms with E-state index in [-0.39, 0.29) is 29.5 Å². The van der Waals surface area contributed by atoms with E-state index >= 15 is 0 Å². The van der Waals surface area contributed by atoms with Crippen molar-refractivity contribution < 1.29 is 35.5 Å². The summed E-state index contributed by atoms with van der Waals surface area (Å²) in [6, 6.07) is 10.3. The molecule has 2 aromatic carbocycles. The molecule has 1 aromatic heterocycles. The Morgan fingerprint density at radius 2 is 1.97 bits per heavy atom. The topological polar surface area (TPSA) is 81.6 Å². The monoisotopic (exact) mass is 553 g/mol. The summed E-state index contributed by atoms with van der Waals surface area (Å²) >= 11 is 0. The lowest BCUT2D eigenvalue weighted by atomic mass is 10.1. The molecule has 1 saturated heterocycles. The van der Waals surface area contributed by atoms with Crippen LogP contribution in [0, 0.1) is 11.8 Å². The second-order valence-corrected chi connectivity index (χ2v) is 10.9. The van der Waals surface area contributed by atoms with Crippen LogP contribution in [0.1, 0.15) is 12.1 Å². The minimum atomic E-state index is -4.48. The number of alkyl halides is 4. The molecule has 0 amide bonds. The first-order valence-electron chi connectivity index (χ1n) is 11.7. The third-order valence-corrected chi connectivity index (χ3v) is 7.21. The molecule has 0 unspecified atom stereocenters. The molecule has 0 radical (unpaired) electrons. The number of hydrogen-bond donors (Lipinski definition) is 2. The third kappa shape index (κ3) is 6.52. The van der Waals surface area contributed by atoms with Crippen LogP contribution in [0.15, 0.2) is 47.4 Å². The van der Waals surface area contributed by atoms with Crippen LogP contribution in [0.25, 0.3) is 10.9 Å². The molecule has 2 N–H and O–H groups in total. The lowest BCUT2D eigenvalue weighted by Crippen LogP contribution is -2.39. The minimum Gasteiger partial charge on any atom is -0.495 e. The molecule has 1 aliphatic rings. The number of benzene rings is 2. The van der Waals surface area contributed by atoms with E-state index in [9.17, 15) is 26.0 Å².